The summed E-state index contributed by atoms with van der Waals surface area (Å²) in [5.74, 6) is -0.449. The van der Waals surface area contributed by atoms with Gasteiger partial charge in [0.05, 0.1) is 29.1 Å². The van der Waals surface area contributed by atoms with E-state index in [0.717, 1.165) is 16.5 Å². The number of hydrogen-bond acceptors (Lipinski definition) is 7. The Labute approximate surface area is 176 Å². The number of aromatic nitrogens is 3. The van der Waals surface area contributed by atoms with Crippen LogP contribution in [0.5, 0.6) is 0 Å². The molecule has 5 rings (SSSR count). The molecule has 1 aliphatic rings. The van der Waals surface area contributed by atoms with Gasteiger partial charge in [-0.05, 0) is 48.6 Å². The zero-order valence-corrected chi connectivity index (χ0v) is 16.8. The first-order valence-corrected chi connectivity index (χ1v) is 9.73. The lowest BCUT2D eigenvalue weighted by molar-refractivity contribution is -0.117. The number of carbonyl (C=O) groups is 1. The van der Waals surface area contributed by atoms with Crippen LogP contribution in [0, 0.1) is 30.1 Å². The molecule has 9 heteroatoms. The van der Waals surface area contributed by atoms with Crippen LogP contribution >= 0.6 is 0 Å². The molecule has 154 valence electrons. The minimum absolute atomic E-state index is 0.207. The fourth-order valence-electron chi connectivity index (χ4n) is 3.78. The van der Waals surface area contributed by atoms with Crippen molar-refractivity contribution in [2.45, 2.75) is 13.3 Å². The highest BCUT2D eigenvalue weighted by Gasteiger charge is 2.43. The fraction of sp³-hybridized carbons (Fsp3) is 0.227. The molecule has 0 unspecified atom stereocenters. The smallest absolute Gasteiger partial charge is 0.408 e. The summed E-state index contributed by atoms with van der Waals surface area (Å²) in [5.41, 5.74) is 9.66. The number of aryl methyl sites for hydroxylation is 2. The van der Waals surface area contributed by atoms with Crippen LogP contribution in [0.3, 0.4) is 0 Å². The molecule has 0 spiro atoms. The summed E-state index contributed by atoms with van der Waals surface area (Å²) >= 11 is 0. The molecule has 1 aliphatic carbocycles. The summed E-state index contributed by atoms with van der Waals surface area (Å²) in [4.78, 5) is 32.9. The number of rotatable bonds is 3. The molecule has 0 saturated heterocycles. The van der Waals surface area contributed by atoms with E-state index in [1.54, 1.807) is 25.4 Å². The van der Waals surface area contributed by atoms with E-state index in [1.165, 1.54) is 4.57 Å². The van der Waals surface area contributed by atoms with Crippen LogP contribution in [-0.2, 0) is 11.8 Å². The molecule has 4 aromatic rings. The molecule has 3 heterocycles. The molecule has 3 N–H and O–H groups in total. The van der Waals surface area contributed by atoms with Gasteiger partial charge in [-0.1, -0.05) is 0 Å². The minimum Gasteiger partial charge on any atom is -0.408 e. The molecular formula is C22H18N6O3. The Bertz CT molecular complexity index is 1490. The number of pyridine rings is 2. The molecule has 2 atom stereocenters. The van der Waals surface area contributed by atoms with Crippen LogP contribution in [0.15, 0.2) is 39.7 Å². The average Bonchev–Trinajstić information content (AvgIpc) is 3.48. The van der Waals surface area contributed by atoms with Gasteiger partial charge in [0.1, 0.15) is 11.6 Å². The normalized spacial score (nSPS) is 17.6. The van der Waals surface area contributed by atoms with Gasteiger partial charge in [0.15, 0.2) is 5.58 Å². The Morgan fingerprint density at radius 2 is 2.16 bits per heavy atom. The van der Waals surface area contributed by atoms with E-state index in [0.29, 0.717) is 40.2 Å². The Morgan fingerprint density at radius 1 is 1.35 bits per heavy atom. The number of nitrogens with zero attached hydrogens (tertiary/aromatic N) is 4. The molecule has 0 aliphatic heterocycles. The van der Waals surface area contributed by atoms with Gasteiger partial charge in [-0.3, -0.25) is 9.36 Å². The number of nitrogens with one attached hydrogen (secondary N) is 1. The van der Waals surface area contributed by atoms with Crippen LogP contribution in [0.1, 0.15) is 12.0 Å². The molecule has 1 saturated carbocycles. The van der Waals surface area contributed by atoms with Crippen molar-refractivity contribution >= 4 is 39.4 Å². The number of nitriles is 1. The van der Waals surface area contributed by atoms with Gasteiger partial charge in [-0.15, -0.1) is 0 Å². The van der Waals surface area contributed by atoms with Crippen molar-refractivity contribution in [3.8, 4) is 17.3 Å². The van der Waals surface area contributed by atoms with Crippen LogP contribution < -0.4 is 16.8 Å². The number of benzene rings is 1. The Morgan fingerprint density at radius 3 is 2.90 bits per heavy atom. The summed E-state index contributed by atoms with van der Waals surface area (Å²) in [6.07, 6.45) is 2.15. The SMILES string of the molecule is Cc1cc2c(cc1-c1cc3cc(NC(=O)[C@H]4C[C@@H]4C#N)ncc3c(N)n1)oc(=O)n2C. The third kappa shape index (κ3) is 3.09. The van der Waals surface area contributed by atoms with E-state index in [4.69, 9.17) is 15.4 Å². The molecule has 0 radical (unpaired) electrons. The Hall–Kier alpha value is -4.19. The maximum absolute atomic E-state index is 12.3. The van der Waals surface area contributed by atoms with Crippen molar-refractivity contribution in [2.24, 2.45) is 18.9 Å². The molecule has 1 amide bonds. The number of anilines is 2. The maximum Gasteiger partial charge on any atom is 0.419 e. The predicted molar refractivity (Wildman–Crippen MR) is 115 cm³/mol. The van der Waals surface area contributed by atoms with Gasteiger partial charge < -0.3 is 15.5 Å². The van der Waals surface area contributed by atoms with Gasteiger partial charge in [0.2, 0.25) is 5.91 Å². The van der Waals surface area contributed by atoms with Gasteiger partial charge in [-0.2, -0.15) is 5.26 Å². The highest BCUT2D eigenvalue weighted by Crippen LogP contribution is 2.38. The maximum atomic E-state index is 12.3. The summed E-state index contributed by atoms with van der Waals surface area (Å²) in [6, 6.07) is 9.34. The molecule has 9 nitrogen and oxygen atoms in total. The highest BCUT2D eigenvalue weighted by atomic mass is 16.4. The minimum atomic E-state index is -0.432. The first kappa shape index (κ1) is 18.8. The van der Waals surface area contributed by atoms with Gasteiger partial charge in [0.25, 0.3) is 0 Å². The van der Waals surface area contributed by atoms with Crippen molar-refractivity contribution in [2.75, 3.05) is 11.1 Å². The zero-order chi connectivity index (χ0) is 21.9. The van der Waals surface area contributed by atoms with Gasteiger partial charge in [-0.25, -0.2) is 14.8 Å². The number of carbonyl (C=O) groups excluding carboxylic acids is 1. The Kier molecular flexibility index (Phi) is 4.05. The van der Waals surface area contributed by atoms with E-state index < -0.39 is 5.76 Å². The molecule has 1 aromatic carbocycles. The Balaban J connectivity index is 1.56. The summed E-state index contributed by atoms with van der Waals surface area (Å²) in [7, 11) is 1.66. The number of amides is 1. The van der Waals surface area contributed by atoms with Crippen LogP contribution in [-0.4, -0.2) is 20.4 Å². The molecule has 31 heavy (non-hydrogen) atoms. The lowest BCUT2D eigenvalue weighted by Crippen LogP contribution is -2.15. The van der Waals surface area contributed by atoms with Gasteiger partial charge in [0, 0.05) is 24.2 Å². The van der Waals surface area contributed by atoms with Crippen molar-refractivity contribution in [1.29, 1.82) is 5.26 Å². The quantitative estimate of drug-likeness (QED) is 0.525. The summed E-state index contributed by atoms with van der Waals surface area (Å²) in [6.45, 7) is 1.92. The summed E-state index contributed by atoms with van der Waals surface area (Å²) in [5, 5.41) is 13.1. The number of fused-ring (bicyclic) bond motifs is 2. The number of oxazole rings is 1. The van der Waals surface area contributed by atoms with E-state index in [-0.39, 0.29) is 17.7 Å². The number of nitrogen functional groups attached to an aromatic ring is 1. The number of nitrogens with two attached hydrogens (primary N) is 1. The topological polar surface area (TPSA) is 140 Å². The van der Waals surface area contributed by atoms with Crippen LogP contribution in [0.4, 0.5) is 11.6 Å². The van der Waals surface area contributed by atoms with E-state index in [1.807, 2.05) is 19.1 Å². The largest absolute Gasteiger partial charge is 0.419 e. The van der Waals surface area contributed by atoms with E-state index in [9.17, 15) is 9.59 Å². The van der Waals surface area contributed by atoms with Crippen molar-refractivity contribution < 1.29 is 9.21 Å². The number of hydrogen-bond donors (Lipinski definition) is 2. The zero-order valence-electron chi connectivity index (χ0n) is 16.8. The molecular weight excluding hydrogens is 396 g/mol. The van der Waals surface area contributed by atoms with Crippen LogP contribution in [0.25, 0.3) is 33.1 Å². The third-order valence-corrected chi connectivity index (χ3v) is 5.70. The van der Waals surface area contributed by atoms with E-state index >= 15 is 0 Å². The van der Waals surface area contributed by atoms with Crippen molar-refractivity contribution in [3.63, 3.8) is 0 Å². The first-order chi connectivity index (χ1) is 14.9. The lowest BCUT2D eigenvalue weighted by Gasteiger charge is -2.10. The monoisotopic (exact) mass is 414 g/mol. The molecule has 1 fully saturated rings. The van der Waals surface area contributed by atoms with Crippen molar-refractivity contribution in [3.05, 3.63) is 46.6 Å². The predicted octanol–water partition coefficient (Wildman–Crippen LogP) is 2.73. The first-order valence-electron chi connectivity index (χ1n) is 9.73. The molecule has 0 bridgehead atoms. The molecule has 3 aromatic heterocycles. The van der Waals surface area contributed by atoms with Gasteiger partial charge >= 0.3 is 5.76 Å². The van der Waals surface area contributed by atoms with Crippen LogP contribution in [0.2, 0.25) is 0 Å². The average molecular weight is 414 g/mol. The second kappa shape index (κ2) is 6.67. The second-order valence-electron chi connectivity index (χ2n) is 7.81. The van der Waals surface area contributed by atoms with E-state index in [2.05, 4.69) is 21.4 Å². The third-order valence-electron chi connectivity index (χ3n) is 5.70. The lowest BCUT2D eigenvalue weighted by atomic mass is 10.0. The summed E-state index contributed by atoms with van der Waals surface area (Å²) < 4.78 is 6.76. The van der Waals surface area contributed by atoms with Crippen molar-refractivity contribution in [1.82, 2.24) is 14.5 Å². The second-order valence-corrected chi connectivity index (χ2v) is 7.81. The standard InChI is InChI=1S/C22H18N6O3/c1-10-3-17-18(31-22(30)28(17)2)7-13(10)16-5-11-6-19(25-9-15(11)20(24)26-16)27-21(29)14-4-12(14)8-23/h3,5-7,9,12,14H,4H2,1-2H3,(H2,24,26)(H,25,27,29)/t12-,14+/m1/s1. The highest BCUT2D eigenvalue weighted by molar-refractivity contribution is 5.99. The fourth-order valence-corrected chi connectivity index (χ4v) is 3.78.